The number of carbonyl (C=O) groups is 2. The van der Waals surface area contributed by atoms with Gasteiger partial charge in [0, 0.05) is 17.3 Å². The molecule has 0 saturated carbocycles. The van der Waals surface area contributed by atoms with E-state index in [-0.39, 0.29) is 24.2 Å². The van der Waals surface area contributed by atoms with Gasteiger partial charge in [-0.25, -0.2) is 0 Å². The summed E-state index contributed by atoms with van der Waals surface area (Å²) < 4.78 is 21.9. The maximum absolute atomic E-state index is 13.4. The van der Waals surface area contributed by atoms with E-state index in [1.807, 2.05) is 13.8 Å². The molecular weight excluding hydrogens is 462 g/mol. The maximum Gasteiger partial charge on any atom is 0.300 e. The molecular formula is C28H25NO7. The van der Waals surface area contributed by atoms with Crippen LogP contribution in [0.25, 0.3) is 5.76 Å². The standard InChI is InChI=1S/C28H25NO7/c1-16(2)36-20-10-7-17(8-11-20)25-24(26(30)18-9-12-22-23(13-18)35-15-34-22)27(31)28(32)29(25)19-5-4-6-21(14-19)33-3/h4-14,16,25,30H,15H2,1-3H3/b26-24-. The molecule has 1 atom stereocenters. The first-order chi connectivity index (χ1) is 17.4. The van der Waals surface area contributed by atoms with Gasteiger partial charge in [0.2, 0.25) is 6.79 Å². The number of fused-ring (bicyclic) bond motifs is 1. The van der Waals surface area contributed by atoms with E-state index in [9.17, 15) is 14.7 Å². The predicted octanol–water partition coefficient (Wildman–Crippen LogP) is 4.84. The number of hydrogen-bond acceptors (Lipinski definition) is 7. The van der Waals surface area contributed by atoms with Crippen molar-refractivity contribution in [3.63, 3.8) is 0 Å². The molecule has 8 heteroatoms. The number of rotatable bonds is 6. The number of amides is 1. The van der Waals surface area contributed by atoms with Gasteiger partial charge in [0.25, 0.3) is 11.7 Å². The molecule has 184 valence electrons. The second-order valence-electron chi connectivity index (χ2n) is 8.67. The van der Waals surface area contributed by atoms with Crippen molar-refractivity contribution in [2.24, 2.45) is 0 Å². The molecule has 0 aromatic heterocycles. The molecule has 3 aromatic carbocycles. The minimum absolute atomic E-state index is 0.00993. The van der Waals surface area contributed by atoms with E-state index in [2.05, 4.69) is 0 Å². The minimum atomic E-state index is -0.879. The first-order valence-electron chi connectivity index (χ1n) is 11.5. The van der Waals surface area contributed by atoms with Gasteiger partial charge in [-0.15, -0.1) is 0 Å². The molecule has 2 aliphatic heterocycles. The van der Waals surface area contributed by atoms with E-state index in [0.717, 1.165) is 0 Å². The minimum Gasteiger partial charge on any atom is -0.507 e. The largest absolute Gasteiger partial charge is 0.507 e. The van der Waals surface area contributed by atoms with Crippen LogP contribution in [0.2, 0.25) is 0 Å². The molecule has 0 radical (unpaired) electrons. The Morgan fingerprint density at radius 1 is 0.972 bits per heavy atom. The Morgan fingerprint density at radius 2 is 1.72 bits per heavy atom. The van der Waals surface area contributed by atoms with Crippen LogP contribution in [0.1, 0.15) is 31.0 Å². The van der Waals surface area contributed by atoms with Gasteiger partial charge >= 0.3 is 0 Å². The van der Waals surface area contributed by atoms with Crippen LogP contribution in [0.5, 0.6) is 23.0 Å². The van der Waals surface area contributed by atoms with E-state index in [4.69, 9.17) is 18.9 Å². The van der Waals surface area contributed by atoms with Gasteiger partial charge in [-0.05, 0) is 61.9 Å². The molecule has 36 heavy (non-hydrogen) atoms. The Bertz CT molecular complexity index is 1360. The number of ketones is 1. The molecule has 1 N–H and O–H groups in total. The number of aliphatic hydroxyl groups excluding tert-OH is 1. The van der Waals surface area contributed by atoms with Gasteiger partial charge in [-0.3, -0.25) is 14.5 Å². The van der Waals surface area contributed by atoms with E-state index in [1.165, 1.54) is 12.0 Å². The average Bonchev–Trinajstić information content (AvgIpc) is 3.45. The highest BCUT2D eigenvalue weighted by Gasteiger charge is 2.47. The molecule has 1 amide bonds. The van der Waals surface area contributed by atoms with Gasteiger partial charge in [0.15, 0.2) is 11.5 Å². The summed E-state index contributed by atoms with van der Waals surface area (Å²) in [6.45, 7) is 3.93. The monoisotopic (exact) mass is 487 g/mol. The van der Waals surface area contributed by atoms with Crippen LogP contribution in [-0.4, -0.2) is 36.8 Å². The smallest absolute Gasteiger partial charge is 0.300 e. The van der Waals surface area contributed by atoms with Gasteiger partial charge in [-0.1, -0.05) is 18.2 Å². The highest BCUT2D eigenvalue weighted by Crippen LogP contribution is 2.44. The van der Waals surface area contributed by atoms with Gasteiger partial charge < -0.3 is 24.1 Å². The third-order valence-corrected chi connectivity index (χ3v) is 5.99. The van der Waals surface area contributed by atoms with Gasteiger partial charge in [0.1, 0.15) is 17.3 Å². The van der Waals surface area contributed by atoms with E-state index in [1.54, 1.807) is 66.7 Å². The first-order valence-corrected chi connectivity index (χ1v) is 11.5. The number of nitrogens with zero attached hydrogens (tertiary/aromatic N) is 1. The fourth-order valence-electron chi connectivity index (χ4n) is 4.37. The number of methoxy groups -OCH3 is 1. The summed E-state index contributed by atoms with van der Waals surface area (Å²) in [5.41, 5.74) is 1.41. The van der Waals surface area contributed by atoms with Crippen LogP contribution < -0.4 is 23.8 Å². The fourth-order valence-corrected chi connectivity index (χ4v) is 4.37. The quantitative estimate of drug-likeness (QED) is 0.302. The van der Waals surface area contributed by atoms with Crippen molar-refractivity contribution in [2.75, 3.05) is 18.8 Å². The highest BCUT2D eigenvalue weighted by molar-refractivity contribution is 6.51. The van der Waals surface area contributed by atoms with Crippen molar-refractivity contribution in [3.05, 3.63) is 83.4 Å². The van der Waals surface area contributed by atoms with Crippen LogP contribution in [-0.2, 0) is 9.59 Å². The first kappa shape index (κ1) is 23.3. The average molecular weight is 488 g/mol. The Balaban J connectivity index is 1.66. The van der Waals surface area contributed by atoms with Crippen molar-refractivity contribution in [3.8, 4) is 23.0 Å². The third kappa shape index (κ3) is 4.11. The topological polar surface area (TPSA) is 94.5 Å². The Kier molecular flexibility index (Phi) is 6.01. The lowest BCUT2D eigenvalue weighted by atomic mass is 9.95. The SMILES string of the molecule is COc1cccc(N2C(=O)C(=O)/C(=C(\O)c3ccc4c(c3)OCO4)C2c2ccc(OC(C)C)cc2)c1. The molecule has 1 unspecified atom stereocenters. The van der Waals surface area contributed by atoms with Crippen molar-refractivity contribution in [1.82, 2.24) is 0 Å². The molecule has 3 aromatic rings. The van der Waals surface area contributed by atoms with Crippen LogP contribution in [0.3, 0.4) is 0 Å². The maximum atomic E-state index is 13.4. The van der Waals surface area contributed by atoms with E-state index >= 15 is 0 Å². The summed E-state index contributed by atoms with van der Waals surface area (Å²) in [7, 11) is 1.53. The Labute approximate surface area is 208 Å². The van der Waals surface area contributed by atoms with Crippen LogP contribution >= 0.6 is 0 Å². The van der Waals surface area contributed by atoms with Crippen molar-refractivity contribution in [2.45, 2.75) is 26.0 Å². The van der Waals surface area contributed by atoms with Crippen molar-refractivity contribution in [1.29, 1.82) is 0 Å². The number of benzene rings is 3. The predicted molar refractivity (Wildman–Crippen MR) is 133 cm³/mol. The summed E-state index contributed by atoms with van der Waals surface area (Å²) in [6.07, 6.45) is -0.00993. The lowest BCUT2D eigenvalue weighted by Gasteiger charge is -2.26. The fraction of sp³-hybridized carbons (Fsp3) is 0.214. The molecule has 5 rings (SSSR count). The van der Waals surface area contributed by atoms with E-state index < -0.39 is 17.7 Å². The Hall–Kier alpha value is -4.46. The second-order valence-corrected chi connectivity index (χ2v) is 8.67. The number of aliphatic hydroxyl groups is 1. The van der Waals surface area contributed by atoms with Crippen LogP contribution in [0, 0.1) is 0 Å². The Morgan fingerprint density at radius 3 is 2.44 bits per heavy atom. The second kappa shape index (κ2) is 9.30. The number of Topliss-reactive ketones (excluding diaryl/α,β-unsaturated/α-hetero) is 1. The van der Waals surface area contributed by atoms with Gasteiger partial charge in [-0.2, -0.15) is 0 Å². The molecule has 1 saturated heterocycles. The zero-order valence-corrected chi connectivity index (χ0v) is 20.1. The summed E-state index contributed by atoms with van der Waals surface area (Å²) in [5.74, 6) is 0.337. The zero-order valence-electron chi connectivity index (χ0n) is 20.1. The van der Waals surface area contributed by atoms with Crippen LogP contribution in [0.15, 0.2) is 72.3 Å². The van der Waals surface area contributed by atoms with Crippen molar-refractivity contribution >= 4 is 23.1 Å². The number of ether oxygens (including phenoxy) is 4. The molecule has 0 aliphatic carbocycles. The molecule has 2 aliphatic rings. The summed E-state index contributed by atoms with van der Waals surface area (Å²) in [6, 6.07) is 18.0. The molecule has 2 heterocycles. The zero-order chi connectivity index (χ0) is 25.4. The lowest BCUT2D eigenvalue weighted by molar-refractivity contribution is -0.132. The molecule has 8 nitrogen and oxygen atoms in total. The molecule has 1 fully saturated rings. The molecule has 0 bridgehead atoms. The lowest BCUT2D eigenvalue weighted by Crippen LogP contribution is -2.29. The van der Waals surface area contributed by atoms with Crippen LogP contribution in [0.4, 0.5) is 5.69 Å². The molecule has 0 spiro atoms. The third-order valence-electron chi connectivity index (χ3n) is 5.99. The summed E-state index contributed by atoms with van der Waals surface area (Å²) >= 11 is 0. The van der Waals surface area contributed by atoms with Crippen molar-refractivity contribution < 1.29 is 33.6 Å². The normalized spacial score (nSPS) is 18.1. The van der Waals surface area contributed by atoms with E-state index in [0.29, 0.717) is 39.8 Å². The number of anilines is 1. The van der Waals surface area contributed by atoms with Gasteiger partial charge in [0.05, 0.1) is 24.8 Å². The highest BCUT2D eigenvalue weighted by atomic mass is 16.7. The summed E-state index contributed by atoms with van der Waals surface area (Å²) in [4.78, 5) is 28.1. The number of hydrogen-bond donors (Lipinski definition) is 1. The summed E-state index contributed by atoms with van der Waals surface area (Å²) in [5, 5.41) is 11.3. The number of carbonyl (C=O) groups excluding carboxylic acids is 2.